The van der Waals surface area contributed by atoms with Gasteiger partial charge >= 0.3 is 18.1 Å². The van der Waals surface area contributed by atoms with Gasteiger partial charge in [0.1, 0.15) is 18.1 Å². The van der Waals surface area contributed by atoms with E-state index < -0.39 is 18.2 Å². The number of ether oxygens (including phenoxy) is 3. The lowest BCUT2D eigenvalue weighted by Crippen LogP contribution is -2.33. The van der Waals surface area contributed by atoms with E-state index in [1.165, 1.54) is 24.3 Å². The van der Waals surface area contributed by atoms with Gasteiger partial charge in [-0.1, -0.05) is 62.6 Å². The fourth-order valence-electron chi connectivity index (χ4n) is 4.86. The second kappa shape index (κ2) is 14.2. The molecule has 41 heavy (non-hydrogen) atoms. The van der Waals surface area contributed by atoms with Crippen molar-refractivity contribution in [3.05, 3.63) is 95.1 Å². The highest BCUT2D eigenvalue weighted by Crippen LogP contribution is 2.31. The predicted molar refractivity (Wildman–Crippen MR) is 149 cm³/mol. The molecule has 3 aromatic carbocycles. The molecule has 0 bridgehead atoms. The van der Waals surface area contributed by atoms with Gasteiger partial charge in [0.05, 0.1) is 11.5 Å². The van der Waals surface area contributed by atoms with Gasteiger partial charge < -0.3 is 14.2 Å². The molecule has 1 aliphatic carbocycles. The van der Waals surface area contributed by atoms with Crippen LogP contribution in [0.2, 0.25) is 0 Å². The van der Waals surface area contributed by atoms with Gasteiger partial charge in [-0.3, -0.25) is 4.79 Å². The smallest absolute Gasteiger partial charge is 0.425 e. The lowest BCUT2D eigenvalue weighted by Gasteiger charge is -2.24. The lowest BCUT2D eigenvalue weighted by atomic mass is 9.84. The molecule has 1 aliphatic rings. The molecule has 0 aliphatic heterocycles. The first-order valence-corrected chi connectivity index (χ1v) is 14.1. The second-order valence-corrected chi connectivity index (χ2v) is 10.4. The van der Waals surface area contributed by atoms with E-state index in [0.29, 0.717) is 38.7 Å². The van der Waals surface area contributed by atoms with E-state index in [1.54, 1.807) is 0 Å². The number of unbranched alkanes of at least 4 members (excludes halogenated alkanes) is 3. The lowest BCUT2D eigenvalue weighted by molar-refractivity contribution is -0.206. The number of aryl methyl sites for hydroxylation is 1. The fraction of sp³-hybridized carbons (Fsp3) is 0.394. The normalized spacial score (nSPS) is 15.5. The predicted octanol–water partition coefficient (Wildman–Crippen LogP) is 8.03. The summed E-state index contributed by atoms with van der Waals surface area (Å²) in [7, 11) is 0. The van der Waals surface area contributed by atoms with E-state index in [4.69, 9.17) is 14.2 Å². The van der Waals surface area contributed by atoms with E-state index in [2.05, 4.69) is 0 Å². The van der Waals surface area contributed by atoms with Crippen molar-refractivity contribution in [1.82, 2.24) is 0 Å². The summed E-state index contributed by atoms with van der Waals surface area (Å²) in [6.07, 6.45) is -2.48. The third kappa shape index (κ3) is 8.84. The SMILES string of the molecule is CCCCCC[C@@H](OC(=O)c1ccc(OC(=O)C2CCc3cc(OCc4ccccc4)ccc3C2)cc1)C(F)(F)F. The van der Waals surface area contributed by atoms with Gasteiger partial charge in [-0.15, -0.1) is 0 Å². The zero-order valence-corrected chi connectivity index (χ0v) is 23.1. The third-order valence-electron chi connectivity index (χ3n) is 7.23. The Morgan fingerprint density at radius 2 is 1.63 bits per heavy atom. The van der Waals surface area contributed by atoms with Crippen LogP contribution in [0.3, 0.4) is 0 Å². The van der Waals surface area contributed by atoms with Gasteiger partial charge in [-0.05, 0) is 85.2 Å². The first kappa shape index (κ1) is 30.2. The van der Waals surface area contributed by atoms with E-state index in [-0.39, 0.29) is 29.6 Å². The van der Waals surface area contributed by atoms with E-state index in [1.807, 2.05) is 55.5 Å². The highest BCUT2D eigenvalue weighted by molar-refractivity contribution is 5.89. The standard InChI is InChI=1S/C33H35F3O5/c1-2-3-4-8-11-30(33(34,35)36)41-31(37)24-14-17-28(18-15-24)40-32(38)27-13-12-26-21-29(19-16-25(26)20-27)39-22-23-9-6-5-7-10-23/h5-7,9-10,14-19,21,27,30H,2-4,8,11-13,20,22H2,1H3/t27?,30-/m1/s1. The molecule has 1 unspecified atom stereocenters. The van der Waals surface area contributed by atoms with Crippen LogP contribution in [0.25, 0.3) is 0 Å². The van der Waals surface area contributed by atoms with Gasteiger partial charge in [0.25, 0.3) is 0 Å². The molecule has 0 N–H and O–H groups in total. The number of hydrogen-bond donors (Lipinski definition) is 0. The van der Waals surface area contributed by atoms with Crippen LogP contribution >= 0.6 is 0 Å². The Morgan fingerprint density at radius 1 is 0.902 bits per heavy atom. The van der Waals surface area contributed by atoms with Crippen LogP contribution in [0.15, 0.2) is 72.8 Å². The van der Waals surface area contributed by atoms with Crippen molar-refractivity contribution in [2.75, 3.05) is 0 Å². The van der Waals surface area contributed by atoms with Crippen LogP contribution in [0.1, 0.15) is 72.5 Å². The first-order valence-electron chi connectivity index (χ1n) is 14.1. The summed E-state index contributed by atoms with van der Waals surface area (Å²) < 4.78 is 56.3. The largest absolute Gasteiger partial charge is 0.489 e. The number of carbonyl (C=O) groups is 2. The maximum Gasteiger partial charge on any atom is 0.425 e. The maximum absolute atomic E-state index is 13.4. The van der Waals surface area contributed by atoms with Gasteiger partial charge in [0, 0.05) is 0 Å². The van der Waals surface area contributed by atoms with Crippen LogP contribution in [-0.2, 0) is 29.0 Å². The number of carbonyl (C=O) groups excluding carboxylic acids is 2. The average molecular weight is 569 g/mol. The Labute approximate surface area is 238 Å². The quantitative estimate of drug-likeness (QED) is 0.126. The zero-order chi connectivity index (χ0) is 29.2. The topological polar surface area (TPSA) is 61.8 Å². The summed E-state index contributed by atoms with van der Waals surface area (Å²) in [5, 5.41) is 0. The number of fused-ring (bicyclic) bond motifs is 1. The summed E-state index contributed by atoms with van der Waals surface area (Å²) in [5.41, 5.74) is 3.26. The van der Waals surface area contributed by atoms with Crippen LogP contribution in [-0.4, -0.2) is 24.2 Å². The molecule has 0 saturated carbocycles. The zero-order valence-electron chi connectivity index (χ0n) is 23.1. The number of esters is 2. The van der Waals surface area contributed by atoms with Crippen molar-refractivity contribution in [1.29, 1.82) is 0 Å². The number of halogens is 3. The molecule has 0 saturated heterocycles. The Balaban J connectivity index is 1.28. The fourth-order valence-corrected chi connectivity index (χ4v) is 4.86. The molecule has 2 atom stereocenters. The molecule has 0 amide bonds. The Bertz CT molecular complexity index is 1290. The Hall–Kier alpha value is -3.81. The molecular formula is C33H35F3O5. The molecule has 0 radical (unpaired) electrons. The minimum Gasteiger partial charge on any atom is -0.489 e. The molecular weight excluding hydrogens is 533 g/mol. The van der Waals surface area contributed by atoms with Crippen molar-refractivity contribution in [2.45, 2.75) is 77.2 Å². The van der Waals surface area contributed by atoms with Crippen molar-refractivity contribution in [2.24, 2.45) is 5.92 Å². The van der Waals surface area contributed by atoms with Crippen LogP contribution in [0.5, 0.6) is 11.5 Å². The molecule has 0 spiro atoms. The first-order chi connectivity index (χ1) is 19.7. The minimum atomic E-state index is -4.63. The second-order valence-electron chi connectivity index (χ2n) is 10.4. The van der Waals surface area contributed by atoms with Gasteiger partial charge in [-0.2, -0.15) is 13.2 Å². The third-order valence-corrected chi connectivity index (χ3v) is 7.23. The summed E-state index contributed by atoms with van der Waals surface area (Å²) in [6.45, 7) is 2.45. The maximum atomic E-state index is 13.4. The molecule has 0 fully saturated rings. The van der Waals surface area contributed by atoms with Gasteiger partial charge in [-0.25, -0.2) is 4.79 Å². The molecule has 0 heterocycles. The van der Waals surface area contributed by atoms with Crippen molar-refractivity contribution < 1.29 is 37.0 Å². The van der Waals surface area contributed by atoms with Crippen molar-refractivity contribution in [3.8, 4) is 11.5 Å². The summed E-state index contributed by atoms with van der Waals surface area (Å²) in [6, 6.07) is 21.2. The van der Waals surface area contributed by atoms with E-state index in [0.717, 1.165) is 35.3 Å². The van der Waals surface area contributed by atoms with Crippen LogP contribution in [0.4, 0.5) is 13.2 Å². The molecule has 0 aromatic heterocycles. The molecule has 8 heteroatoms. The number of alkyl halides is 3. The van der Waals surface area contributed by atoms with Crippen LogP contribution < -0.4 is 9.47 Å². The Morgan fingerprint density at radius 3 is 2.34 bits per heavy atom. The molecule has 218 valence electrons. The monoisotopic (exact) mass is 568 g/mol. The van der Waals surface area contributed by atoms with E-state index >= 15 is 0 Å². The molecule has 5 nitrogen and oxygen atoms in total. The molecule has 3 aromatic rings. The summed E-state index contributed by atoms with van der Waals surface area (Å²) in [5.74, 6) is -0.779. The Kier molecular flexibility index (Phi) is 10.4. The minimum absolute atomic E-state index is 0.0375. The van der Waals surface area contributed by atoms with E-state index in [9.17, 15) is 22.8 Å². The summed E-state index contributed by atoms with van der Waals surface area (Å²) in [4.78, 5) is 25.2. The van der Waals surface area contributed by atoms with Crippen molar-refractivity contribution >= 4 is 11.9 Å². The highest BCUT2D eigenvalue weighted by atomic mass is 19.4. The van der Waals surface area contributed by atoms with Gasteiger partial charge in [0.15, 0.2) is 6.10 Å². The van der Waals surface area contributed by atoms with Crippen molar-refractivity contribution in [3.63, 3.8) is 0 Å². The number of rotatable bonds is 12. The highest BCUT2D eigenvalue weighted by Gasteiger charge is 2.42. The number of benzene rings is 3. The van der Waals surface area contributed by atoms with Gasteiger partial charge in [0.2, 0.25) is 0 Å². The van der Waals surface area contributed by atoms with Crippen LogP contribution in [0, 0.1) is 5.92 Å². The summed E-state index contributed by atoms with van der Waals surface area (Å²) >= 11 is 0. The average Bonchev–Trinajstić information content (AvgIpc) is 2.97. The molecule has 4 rings (SSSR count). The number of hydrogen-bond acceptors (Lipinski definition) is 5.